The second-order valence-corrected chi connectivity index (χ2v) is 4.97. The highest BCUT2D eigenvalue weighted by Crippen LogP contribution is 2.28. The van der Waals surface area contributed by atoms with Gasteiger partial charge in [0.15, 0.2) is 11.5 Å². The number of amides is 1. The molecule has 1 rings (SSSR count). The molecule has 0 radical (unpaired) electrons. The van der Waals surface area contributed by atoms with Crippen LogP contribution in [0.15, 0.2) is 18.2 Å². The number of nitrogens with one attached hydrogen (secondary N) is 1. The minimum atomic E-state index is -0.156. The molecule has 0 bridgehead atoms. The molecule has 1 aromatic rings. The Labute approximate surface area is 139 Å². The number of hydrogen-bond donors (Lipinski definition) is 2. The number of hydrogen-bond acceptors (Lipinski definition) is 4. The Kier molecular flexibility index (Phi) is 10.4. The third-order valence-corrected chi connectivity index (χ3v) is 2.86. The third-order valence-electron chi connectivity index (χ3n) is 2.86. The Bertz CT molecular complexity index is 455. The first-order valence-electron chi connectivity index (χ1n) is 7.52. The van der Waals surface area contributed by atoms with E-state index in [2.05, 4.69) is 5.32 Å². The Morgan fingerprint density at radius 1 is 1.18 bits per heavy atom. The zero-order valence-corrected chi connectivity index (χ0v) is 14.4. The minimum absolute atomic E-state index is 0. The number of benzene rings is 1. The maximum atomic E-state index is 12.1. The van der Waals surface area contributed by atoms with Crippen LogP contribution in [0.3, 0.4) is 0 Å². The number of rotatable bonds is 9. The monoisotopic (exact) mass is 330 g/mol. The second kappa shape index (κ2) is 11.2. The first-order valence-corrected chi connectivity index (χ1v) is 7.52. The molecule has 1 aromatic carbocycles. The SMILES string of the molecule is CCCOc1ccc(C(=O)N[C@@H](C)CN)cc1OCCC.Cl. The number of ether oxygens (including phenoxy) is 2. The molecule has 22 heavy (non-hydrogen) atoms. The molecule has 0 aliphatic rings. The van der Waals surface area contributed by atoms with Crippen LogP contribution in [-0.4, -0.2) is 31.7 Å². The van der Waals surface area contributed by atoms with E-state index in [1.54, 1.807) is 18.2 Å². The molecule has 0 saturated carbocycles. The van der Waals surface area contributed by atoms with Gasteiger partial charge in [0.25, 0.3) is 5.91 Å². The minimum Gasteiger partial charge on any atom is -0.490 e. The summed E-state index contributed by atoms with van der Waals surface area (Å²) >= 11 is 0. The lowest BCUT2D eigenvalue weighted by molar-refractivity contribution is 0.0940. The van der Waals surface area contributed by atoms with E-state index in [1.165, 1.54) is 0 Å². The van der Waals surface area contributed by atoms with Gasteiger partial charge in [0.05, 0.1) is 13.2 Å². The van der Waals surface area contributed by atoms with Crippen LogP contribution in [0.5, 0.6) is 11.5 Å². The fraction of sp³-hybridized carbons (Fsp3) is 0.562. The van der Waals surface area contributed by atoms with Crippen molar-refractivity contribution in [1.29, 1.82) is 0 Å². The molecule has 5 nitrogen and oxygen atoms in total. The molecule has 0 aromatic heterocycles. The molecule has 0 fully saturated rings. The molecule has 126 valence electrons. The van der Waals surface area contributed by atoms with E-state index >= 15 is 0 Å². The summed E-state index contributed by atoms with van der Waals surface area (Å²) in [5, 5.41) is 2.83. The van der Waals surface area contributed by atoms with Crippen molar-refractivity contribution in [3.8, 4) is 11.5 Å². The van der Waals surface area contributed by atoms with Crippen LogP contribution >= 0.6 is 12.4 Å². The van der Waals surface area contributed by atoms with E-state index in [0.717, 1.165) is 12.8 Å². The lowest BCUT2D eigenvalue weighted by Crippen LogP contribution is -2.37. The average molecular weight is 331 g/mol. The van der Waals surface area contributed by atoms with Gasteiger partial charge in [-0.05, 0) is 38.0 Å². The molecule has 0 aliphatic carbocycles. The highest BCUT2D eigenvalue weighted by molar-refractivity contribution is 5.95. The first-order chi connectivity index (χ1) is 10.1. The van der Waals surface area contributed by atoms with Gasteiger partial charge >= 0.3 is 0 Å². The molecular weight excluding hydrogens is 304 g/mol. The van der Waals surface area contributed by atoms with Gasteiger partial charge in [0.1, 0.15) is 0 Å². The number of carbonyl (C=O) groups is 1. The predicted molar refractivity (Wildman–Crippen MR) is 91.2 cm³/mol. The molecule has 1 amide bonds. The van der Waals surface area contributed by atoms with Gasteiger partial charge in [-0.3, -0.25) is 4.79 Å². The first kappa shape index (κ1) is 20.5. The largest absolute Gasteiger partial charge is 0.490 e. The van der Waals surface area contributed by atoms with E-state index in [4.69, 9.17) is 15.2 Å². The molecule has 1 atom stereocenters. The lowest BCUT2D eigenvalue weighted by atomic mass is 10.1. The van der Waals surface area contributed by atoms with Gasteiger partial charge in [-0.1, -0.05) is 13.8 Å². The summed E-state index contributed by atoms with van der Waals surface area (Å²) in [6, 6.07) is 5.18. The standard InChI is InChI=1S/C16H26N2O3.ClH/c1-4-8-20-14-7-6-13(10-15(14)21-9-5-2)16(19)18-12(3)11-17;/h6-7,10,12H,4-5,8-9,11,17H2,1-3H3,(H,18,19);1H/t12-;/m0./s1. The maximum Gasteiger partial charge on any atom is 0.251 e. The second-order valence-electron chi connectivity index (χ2n) is 4.97. The van der Waals surface area contributed by atoms with Gasteiger partial charge < -0.3 is 20.5 Å². The Hall–Kier alpha value is -1.46. The summed E-state index contributed by atoms with van der Waals surface area (Å²) in [5.74, 6) is 1.13. The van der Waals surface area contributed by atoms with Gasteiger partial charge in [0, 0.05) is 18.2 Å². The van der Waals surface area contributed by atoms with Crippen molar-refractivity contribution in [2.24, 2.45) is 5.73 Å². The number of carbonyl (C=O) groups excluding carboxylic acids is 1. The maximum absolute atomic E-state index is 12.1. The normalized spacial score (nSPS) is 11.3. The van der Waals surface area contributed by atoms with E-state index in [1.807, 2.05) is 20.8 Å². The van der Waals surface area contributed by atoms with Crippen LogP contribution in [0.4, 0.5) is 0 Å². The molecular formula is C16H27ClN2O3. The molecule has 0 unspecified atom stereocenters. The Morgan fingerprint density at radius 2 is 1.77 bits per heavy atom. The third kappa shape index (κ3) is 6.54. The number of halogens is 1. The quantitative estimate of drug-likeness (QED) is 0.730. The van der Waals surface area contributed by atoms with Crippen molar-refractivity contribution in [2.45, 2.75) is 39.7 Å². The highest BCUT2D eigenvalue weighted by Gasteiger charge is 2.13. The summed E-state index contributed by atoms with van der Waals surface area (Å²) in [4.78, 5) is 12.1. The smallest absolute Gasteiger partial charge is 0.251 e. The number of nitrogens with two attached hydrogens (primary N) is 1. The highest BCUT2D eigenvalue weighted by atomic mass is 35.5. The van der Waals surface area contributed by atoms with Crippen molar-refractivity contribution in [3.05, 3.63) is 23.8 Å². The fourth-order valence-corrected chi connectivity index (χ4v) is 1.67. The Balaban J connectivity index is 0.00000441. The van der Waals surface area contributed by atoms with Crippen molar-refractivity contribution in [1.82, 2.24) is 5.32 Å². The van der Waals surface area contributed by atoms with Gasteiger partial charge in [-0.15, -0.1) is 12.4 Å². The summed E-state index contributed by atoms with van der Waals surface area (Å²) in [7, 11) is 0. The van der Waals surface area contributed by atoms with Crippen molar-refractivity contribution in [2.75, 3.05) is 19.8 Å². The van der Waals surface area contributed by atoms with Crippen molar-refractivity contribution >= 4 is 18.3 Å². The topological polar surface area (TPSA) is 73.6 Å². The fourth-order valence-electron chi connectivity index (χ4n) is 1.67. The summed E-state index contributed by atoms with van der Waals surface area (Å²) in [6.45, 7) is 7.56. The summed E-state index contributed by atoms with van der Waals surface area (Å²) in [6.07, 6.45) is 1.82. The van der Waals surface area contributed by atoms with E-state index in [-0.39, 0.29) is 24.4 Å². The van der Waals surface area contributed by atoms with Crippen molar-refractivity contribution < 1.29 is 14.3 Å². The summed E-state index contributed by atoms with van der Waals surface area (Å²) in [5.41, 5.74) is 6.06. The molecule has 0 aliphatic heterocycles. The lowest BCUT2D eigenvalue weighted by Gasteiger charge is -2.15. The summed E-state index contributed by atoms with van der Waals surface area (Å²) < 4.78 is 11.3. The van der Waals surface area contributed by atoms with Crippen LogP contribution in [0.25, 0.3) is 0 Å². The van der Waals surface area contributed by atoms with Gasteiger partial charge in [0.2, 0.25) is 0 Å². The van der Waals surface area contributed by atoms with Crippen LogP contribution in [-0.2, 0) is 0 Å². The zero-order chi connectivity index (χ0) is 15.7. The molecule has 3 N–H and O–H groups in total. The molecule has 0 spiro atoms. The zero-order valence-electron chi connectivity index (χ0n) is 13.6. The molecule has 0 saturated heterocycles. The van der Waals surface area contributed by atoms with Crippen LogP contribution < -0.4 is 20.5 Å². The van der Waals surface area contributed by atoms with E-state index in [9.17, 15) is 4.79 Å². The van der Waals surface area contributed by atoms with E-state index < -0.39 is 0 Å². The van der Waals surface area contributed by atoms with Crippen LogP contribution in [0.2, 0.25) is 0 Å². The predicted octanol–water partition coefficient (Wildman–Crippen LogP) is 2.76. The van der Waals surface area contributed by atoms with Crippen LogP contribution in [0, 0.1) is 0 Å². The van der Waals surface area contributed by atoms with Gasteiger partial charge in [-0.2, -0.15) is 0 Å². The Morgan fingerprint density at radius 3 is 2.32 bits per heavy atom. The molecule has 6 heteroatoms. The average Bonchev–Trinajstić information content (AvgIpc) is 2.50. The molecule has 0 heterocycles. The van der Waals surface area contributed by atoms with Crippen molar-refractivity contribution in [3.63, 3.8) is 0 Å². The van der Waals surface area contributed by atoms with E-state index in [0.29, 0.717) is 36.8 Å². The van der Waals surface area contributed by atoms with Crippen LogP contribution in [0.1, 0.15) is 44.0 Å². The van der Waals surface area contributed by atoms with Gasteiger partial charge in [-0.25, -0.2) is 0 Å².